The molecule has 0 saturated carbocycles. The number of hydrogen-bond donors (Lipinski definition) is 2. The number of carbonyl (C=O) groups is 1. The summed E-state index contributed by atoms with van der Waals surface area (Å²) in [5.41, 5.74) is 6.45. The van der Waals surface area contributed by atoms with Crippen molar-refractivity contribution in [3.05, 3.63) is 35.9 Å². The fourth-order valence-electron chi connectivity index (χ4n) is 2.03. The van der Waals surface area contributed by atoms with Crippen LogP contribution >= 0.6 is 0 Å². The number of nitrogens with zero attached hydrogens (tertiary/aromatic N) is 1. The standard InChI is InChI=1S/C13H18N2O3/c14-13(6-7-16)9-15(10-13)12(17)18-8-11-4-2-1-3-5-11/h1-5,16H,6-10,14H2. The van der Waals surface area contributed by atoms with E-state index >= 15 is 0 Å². The van der Waals surface area contributed by atoms with Crippen molar-refractivity contribution in [1.82, 2.24) is 4.90 Å². The first-order chi connectivity index (χ1) is 8.63. The highest BCUT2D eigenvalue weighted by Gasteiger charge is 2.42. The number of ether oxygens (including phenoxy) is 1. The van der Waals surface area contributed by atoms with Gasteiger partial charge in [-0.25, -0.2) is 4.79 Å². The van der Waals surface area contributed by atoms with E-state index in [1.807, 2.05) is 30.3 Å². The van der Waals surface area contributed by atoms with Crippen LogP contribution in [0.1, 0.15) is 12.0 Å². The van der Waals surface area contributed by atoms with E-state index in [-0.39, 0.29) is 19.3 Å². The second-order valence-electron chi connectivity index (χ2n) is 4.73. The van der Waals surface area contributed by atoms with Crippen molar-refractivity contribution in [2.75, 3.05) is 19.7 Å². The van der Waals surface area contributed by atoms with Crippen molar-refractivity contribution in [2.45, 2.75) is 18.6 Å². The molecule has 0 spiro atoms. The van der Waals surface area contributed by atoms with Gasteiger partial charge in [0.15, 0.2) is 0 Å². The fraction of sp³-hybridized carbons (Fsp3) is 0.462. The molecule has 3 N–H and O–H groups in total. The van der Waals surface area contributed by atoms with Crippen LogP contribution in [0.3, 0.4) is 0 Å². The average molecular weight is 250 g/mol. The number of likely N-dealkylation sites (tertiary alicyclic amines) is 1. The van der Waals surface area contributed by atoms with Gasteiger partial charge in [-0.2, -0.15) is 0 Å². The molecule has 1 aromatic carbocycles. The number of amides is 1. The lowest BCUT2D eigenvalue weighted by Gasteiger charge is -2.46. The number of benzene rings is 1. The molecule has 1 aliphatic heterocycles. The highest BCUT2D eigenvalue weighted by molar-refractivity contribution is 5.69. The maximum absolute atomic E-state index is 11.7. The Bertz CT molecular complexity index is 402. The third-order valence-electron chi connectivity index (χ3n) is 3.08. The lowest BCUT2D eigenvalue weighted by Crippen LogP contribution is -2.68. The summed E-state index contributed by atoms with van der Waals surface area (Å²) in [4.78, 5) is 13.2. The Morgan fingerprint density at radius 1 is 1.39 bits per heavy atom. The smallest absolute Gasteiger partial charge is 0.410 e. The predicted molar refractivity (Wildman–Crippen MR) is 66.8 cm³/mol. The molecule has 98 valence electrons. The molecule has 0 aliphatic carbocycles. The van der Waals surface area contributed by atoms with E-state index in [0.717, 1.165) is 5.56 Å². The molecule has 5 nitrogen and oxygen atoms in total. The molecule has 18 heavy (non-hydrogen) atoms. The third kappa shape index (κ3) is 3.00. The Morgan fingerprint density at radius 3 is 2.67 bits per heavy atom. The lowest BCUT2D eigenvalue weighted by atomic mass is 9.88. The quantitative estimate of drug-likeness (QED) is 0.825. The van der Waals surface area contributed by atoms with Crippen LogP contribution in [0.5, 0.6) is 0 Å². The normalized spacial score (nSPS) is 17.1. The molecule has 2 rings (SSSR count). The molecule has 1 saturated heterocycles. The average Bonchev–Trinajstić information content (AvgIpc) is 2.34. The number of carbonyl (C=O) groups excluding carboxylic acids is 1. The number of rotatable bonds is 4. The van der Waals surface area contributed by atoms with Crippen LogP contribution in [0.4, 0.5) is 4.79 Å². The fourth-order valence-corrected chi connectivity index (χ4v) is 2.03. The van der Waals surface area contributed by atoms with Gasteiger partial charge >= 0.3 is 6.09 Å². The molecule has 1 aromatic rings. The SMILES string of the molecule is NC1(CCO)CN(C(=O)OCc2ccccc2)C1. The number of nitrogens with two attached hydrogens (primary N) is 1. The molecule has 1 heterocycles. The van der Waals surface area contributed by atoms with Crippen LogP contribution in [-0.2, 0) is 11.3 Å². The van der Waals surface area contributed by atoms with Gasteiger partial charge in [0, 0.05) is 19.7 Å². The Balaban J connectivity index is 1.74. The molecule has 0 radical (unpaired) electrons. The van der Waals surface area contributed by atoms with Gasteiger partial charge in [0.05, 0.1) is 5.54 Å². The third-order valence-corrected chi connectivity index (χ3v) is 3.08. The van der Waals surface area contributed by atoms with Crippen LogP contribution < -0.4 is 5.73 Å². The van der Waals surface area contributed by atoms with Crippen LogP contribution in [0.15, 0.2) is 30.3 Å². The molecule has 0 atom stereocenters. The first kappa shape index (κ1) is 12.9. The minimum Gasteiger partial charge on any atom is -0.445 e. The molecule has 1 aliphatic rings. The maximum Gasteiger partial charge on any atom is 0.410 e. The van der Waals surface area contributed by atoms with Crippen molar-refractivity contribution in [2.24, 2.45) is 5.73 Å². The van der Waals surface area contributed by atoms with Crippen molar-refractivity contribution in [3.63, 3.8) is 0 Å². The summed E-state index contributed by atoms with van der Waals surface area (Å²) >= 11 is 0. The Hall–Kier alpha value is -1.59. The van der Waals surface area contributed by atoms with Gasteiger partial charge in [-0.05, 0) is 12.0 Å². The van der Waals surface area contributed by atoms with Crippen molar-refractivity contribution in [1.29, 1.82) is 0 Å². The molecule has 1 fully saturated rings. The van der Waals surface area contributed by atoms with E-state index in [1.54, 1.807) is 4.90 Å². The van der Waals surface area contributed by atoms with E-state index in [1.165, 1.54) is 0 Å². The minimum absolute atomic E-state index is 0.0450. The summed E-state index contributed by atoms with van der Waals surface area (Å²) < 4.78 is 5.17. The molecule has 0 unspecified atom stereocenters. The van der Waals surface area contributed by atoms with Crippen molar-refractivity contribution < 1.29 is 14.6 Å². The number of aliphatic hydroxyl groups excluding tert-OH is 1. The number of aliphatic hydroxyl groups is 1. The van der Waals surface area contributed by atoms with E-state index in [9.17, 15) is 4.79 Å². The second-order valence-corrected chi connectivity index (χ2v) is 4.73. The van der Waals surface area contributed by atoms with Crippen molar-refractivity contribution in [3.8, 4) is 0 Å². The van der Waals surface area contributed by atoms with Gasteiger partial charge in [-0.1, -0.05) is 30.3 Å². The van der Waals surface area contributed by atoms with Gasteiger partial charge in [0.1, 0.15) is 6.61 Å². The van der Waals surface area contributed by atoms with Crippen molar-refractivity contribution >= 4 is 6.09 Å². The Morgan fingerprint density at radius 2 is 2.06 bits per heavy atom. The molecule has 5 heteroatoms. The van der Waals surface area contributed by atoms with Crippen LogP contribution in [0.2, 0.25) is 0 Å². The van der Waals surface area contributed by atoms with Crippen LogP contribution in [0, 0.1) is 0 Å². The predicted octanol–water partition coefficient (Wildman–Crippen LogP) is 0.719. The zero-order valence-electron chi connectivity index (χ0n) is 10.2. The highest BCUT2D eigenvalue weighted by Crippen LogP contribution is 2.22. The monoisotopic (exact) mass is 250 g/mol. The van der Waals surface area contributed by atoms with E-state index < -0.39 is 5.54 Å². The largest absolute Gasteiger partial charge is 0.445 e. The minimum atomic E-state index is -0.444. The van der Waals surface area contributed by atoms with E-state index in [4.69, 9.17) is 15.6 Å². The van der Waals surface area contributed by atoms with Crippen LogP contribution in [-0.4, -0.2) is 41.3 Å². The molecule has 1 amide bonds. The molecular formula is C13H18N2O3. The topological polar surface area (TPSA) is 75.8 Å². The van der Waals surface area contributed by atoms with Crippen LogP contribution in [0.25, 0.3) is 0 Å². The van der Waals surface area contributed by atoms with Gasteiger partial charge in [-0.15, -0.1) is 0 Å². The Labute approximate surface area is 106 Å². The van der Waals surface area contributed by atoms with E-state index in [0.29, 0.717) is 19.5 Å². The van der Waals surface area contributed by atoms with Gasteiger partial charge in [-0.3, -0.25) is 0 Å². The summed E-state index contributed by atoms with van der Waals surface area (Å²) in [5.74, 6) is 0. The van der Waals surface area contributed by atoms with Gasteiger partial charge < -0.3 is 20.5 Å². The first-order valence-electron chi connectivity index (χ1n) is 5.98. The molecule has 0 bridgehead atoms. The summed E-state index contributed by atoms with van der Waals surface area (Å²) in [6.45, 7) is 1.21. The van der Waals surface area contributed by atoms with E-state index in [2.05, 4.69) is 0 Å². The summed E-state index contributed by atoms with van der Waals surface area (Å²) in [6.07, 6.45) is 0.160. The van der Waals surface area contributed by atoms with Gasteiger partial charge in [0.25, 0.3) is 0 Å². The zero-order valence-corrected chi connectivity index (χ0v) is 10.2. The summed E-state index contributed by atoms with van der Waals surface area (Å²) in [7, 11) is 0. The molecule has 0 aromatic heterocycles. The Kier molecular flexibility index (Phi) is 3.84. The highest BCUT2D eigenvalue weighted by atomic mass is 16.6. The summed E-state index contributed by atoms with van der Waals surface area (Å²) in [5, 5.41) is 8.83. The molecular weight excluding hydrogens is 232 g/mol. The van der Waals surface area contributed by atoms with Gasteiger partial charge in [0.2, 0.25) is 0 Å². The zero-order chi connectivity index (χ0) is 13.0. The first-order valence-corrected chi connectivity index (χ1v) is 5.98. The lowest BCUT2D eigenvalue weighted by molar-refractivity contribution is 0.0271. The second kappa shape index (κ2) is 5.37. The summed E-state index contributed by atoms with van der Waals surface area (Å²) in [6, 6.07) is 9.53. The number of hydrogen-bond acceptors (Lipinski definition) is 4. The maximum atomic E-state index is 11.7.